The number of para-hydroxylation sites is 2. The van der Waals surface area contributed by atoms with E-state index in [1.807, 2.05) is 93.7 Å². The van der Waals surface area contributed by atoms with Crippen molar-refractivity contribution in [3.63, 3.8) is 0 Å². The quantitative estimate of drug-likeness (QED) is 0.137. The molecular weight excluding hydrogens is 783 g/mol. The number of rotatable bonds is 10. The van der Waals surface area contributed by atoms with Crippen LogP contribution in [0, 0.1) is 11.6 Å². The molecule has 0 N–H and O–H groups in total. The summed E-state index contributed by atoms with van der Waals surface area (Å²) < 4.78 is 31.6. The first-order valence-corrected chi connectivity index (χ1v) is 22.4. The zero-order chi connectivity index (χ0) is 43.3. The van der Waals surface area contributed by atoms with Gasteiger partial charge in [0.1, 0.15) is 11.0 Å². The van der Waals surface area contributed by atoms with Gasteiger partial charge >= 0.3 is 0 Å². The second kappa shape index (κ2) is 19.3. The van der Waals surface area contributed by atoms with E-state index >= 15 is 0 Å². The van der Waals surface area contributed by atoms with E-state index in [9.17, 15) is 18.4 Å². The molecule has 0 radical (unpaired) electrons. The van der Waals surface area contributed by atoms with Crippen LogP contribution in [0.2, 0.25) is 0 Å². The monoisotopic (exact) mass is 842 g/mol. The lowest BCUT2D eigenvalue weighted by atomic mass is 10.00. The Hall–Kier alpha value is -5.46. The topological polar surface area (TPSA) is 82.7 Å². The molecule has 6 aromatic rings. The Kier molecular flexibility index (Phi) is 13.4. The van der Waals surface area contributed by atoms with Crippen LogP contribution in [0.4, 0.5) is 8.78 Å². The minimum atomic E-state index is -0.311. The molecule has 2 saturated heterocycles. The number of hydrogen-bond donors (Lipinski definition) is 0. The van der Waals surface area contributed by atoms with Crippen LogP contribution in [-0.4, -0.2) is 115 Å². The summed E-state index contributed by atoms with van der Waals surface area (Å²) in [7, 11) is 3.86. The lowest BCUT2D eigenvalue weighted by Gasteiger charge is -2.39. The number of nitrogens with zero attached hydrogens (tertiary/aromatic N) is 8. The van der Waals surface area contributed by atoms with Crippen molar-refractivity contribution >= 4 is 33.9 Å². The van der Waals surface area contributed by atoms with Crippen LogP contribution >= 0.6 is 0 Å². The third kappa shape index (κ3) is 9.61. The first-order valence-electron chi connectivity index (χ1n) is 22.4. The van der Waals surface area contributed by atoms with Gasteiger partial charge in [-0.25, -0.2) is 18.7 Å². The van der Waals surface area contributed by atoms with E-state index in [-0.39, 0.29) is 23.4 Å². The summed E-state index contributed by atoms with van der Waals surface area (Å²) in [5, 5.41) is 0. The highest BCUT2D eigenvalue weighted by Crippen LogP contribution is 2.28. The predicted molar refractivity (Wildman–Crippen MR) is 241 cm³/mol. The molecule has 3 aliphatic rings. The molecule has 2 aromatic heterocycles. The maximum atomic E-state index is 13.9. The average molecular weight is 843 g/mol. The van der Waals surface area contributed by atoms with Gasteiger partial charge in [0.2, 0.25) is 0 Å². The molecule has 62 heavy (non-hydrogen) atoms. The summed E-state index contributed by atoms with van der Waals surface area (Å²) in [4.78, 5) is 43.3. The number of aromatic nitrogens is 4. The second-order valence-corrected chi connectivity index (χ2v) is 17.8. The molecule has 0 atom stereocenters. The van der Waals surface area contributed by atoms with Crippen LogP contribution in [0.15, 0.2) is 97.6 Å². The molecule has 1 aliphatic carbocycles. The van der Waals surface area contributed by atoms with Gasteiger partial charge in [0, 0.05) is 88.7 Å². The van der Waals surface area contributed by atoms with Crippen molar-refractivity contribution in [3.05, 3.63) is 131 Å². The Morgan fingerprint density at radius 3 is 1.45 bits per heavy atom. The molecule has 2 aliphatic heterocycles. The smallest absolute Gasteiger partial charge is 0.253 e. The summed E-state index contributed by atoms with van der Waals surface area (Å²) in [5.41, 5.74) is 5.83. The van der Waals surface area contributed by atoms with Crippen molar-refractivity contribution in [2.24, 2.45) is 0 Å². The van der Waals surface area contributed by atoms with Gasteiger partial charge in [-0.05, 0) is 112 Å². The molecule has 1 saturated carbocycles. The van der Waals surface area contributed by atoms with Gasteiger partial charge in [0.05, 0.1) is 23.7 Å². The average Bonchev–Trinajstić information content (AvgIpc) is 4.09. The number of carbonyl (C=O) groups excluding carboxylic acids is 2. The highest BCUT2D eigenvalue weighted by atomic mass is 19.1. The summed E-state index contributed by atoms with van der Waals surface area (Å²) >= 11 is 0. The van der Waals surface area contributed by atoms with Crippen LogP contribution in [-0.2, 0) is 13.1 Å². The Labute approximate surface area is 364 Å². The molecule has 9 rings (SSSR count). The number of halogens is 2. The number of fused-ring (bicyclic) bond motifs is 2. The molecule has 3 fully saturated rings. The van der Waals surface area contributed by atoms with E-state index in [1.54, 1.807) is 24.8 Å². The molecule has 0 bridgehead atoms. The van der Waals surface area contributed by atoms with Crippen LogP contribution < -0.4 is 0 Å². The predicted octanol–water partition coefficient (Wildman–Crippen LogP) is 8.87. The van der Waals surface area contributed by atoms with Crippen molar-refractivity contribution < 1.29 is 18.4 Å². The minimum absolute atomic E-state index is 0.0692. The van der Waals surface area contributed by atoms with Crippen LogP contribution in [0.5, 0.6) is 0 Å². The van der Waals surface area contributed by atoms with Crippen molar-refractivity contribution in [1.82, 2.24) is 38.7 Å². The molecule has 326 valence electrons. The molecule has 10 nitrogen and oxygen atoms in total. The lowest BCUT2D eigenvalue weighted by molar-refractivity contribution is 0.0596. The number of carbonyl (C=O) groups is 2. The summed E-state index contributed by atoms with van der Waals surface area (Å²) in [6.07, 6.45) is 12.9. The van der Waals surface area contributed by atoms with Crippen LogP contribution in [0.3, 0.4) is 0 Å². The van der Waals surface area contributed by atoms with E-state index in [0.717, 1.165) is 85.6 Å². The Morgan fingerprint density at radius 1 is 0.613 bits per heavy atom. The van der Waals surface area contributed by atoms with E-state index in [4.69, 9.17) is 0 Å². The number of benzene rings is 4. The first-order chi connectivity index (χ1) is 30.0. The Balaban J connectivity index is 0.000000171. The van der Waals surface area contributed by atoms with Gasteiger partial charge in [-0.15, -0.1) is 0 Å². The number of likely N-dealkylation sites (tertiary alicyclic amines) is 2. The molecule has 4 aromatic carbocycles. The van der Waals surface area contributed by atoms with Crippen molar-refractivity contribution in [2.45, 2.75) is 102 Å². The highest BCUT2D eigenvalue weighted by Gasteiger charge is 2.31. The number of amides is 2. The SMILES string of the molecule is CC(C)N1CCC(N(C)C(=O)c2ccc(Cn3cnc4c(F)cccc43)cc2)CC1.CN(C(=O)c1ccc(Cn2cnc3c(F)cccc32)cc1)C1CCN(C2CCCC2)CC1. The van der Waals surface area contributed by atoms with Crippen LogP contribution in [0.1, 0.15) is 97.1 Å². The van der Waals surface area contributed by atoms with E-state index < -0.39 is 0 Å². The molecule has 4 heterocycles. The zero-order valence-corrected chi connectivity index (χ0v) is 36.6. The second-order valence-electron chi connectivity index (χ2n) is 17.8. The molecule has 2 amide bonds. The fraction of sp³-hybridized carbons (Fsp3) is 0.440. The van der Waals surface area contributed by atoms with Gasteiger partial charge in [-0.1, -0.05) is 49.2 Å². The molecule has 0 unspecified atom stereocenters. The van der Waals surface area contributed by atoms with E-state index in [1.165, 1.54) is 37.8 Å². The van der Waals surface area contributed by atoms with Gasteiger partial charge in [0.15, 0.2) is 11.6 Å². The summed E-state index contributed by atoms with van der Waals surface area (Å²) in [6, 6.07) is 27.4. The standard InChI is InChI=1S/C26H31FN4O.C24H29FN4O/c1-29(21-13-15-30(16-14-21)22-5-2-3-6-22)26(32)20-11-9-19(10-12-20)17-31-18-28-25-23(27)7-4-8-24(25)31;1-17(2)28-13-11-20(12-14-28)27(3)24(30)19-9-7-18(8-10-19)15-29-16-26-23-21(25)5-4-6-22(23)29/h4,7-12,18,21-22H,2-3,5-6,13-17H2,1H3;4-10,16-17,20H,11-15H2,1-3H3. The fourth-order valence-corrected chi connectivity index (χ4v) is 9.69. The van der Waals surface area contributed by atoms with Gasteiger partial charge in [0.25, 0.3) is 11.8 Å². The highest BCUT2D eigenvalue weighted by molar-refractivity contribution is 5.95. The Morgan fingerprint density at radius 2 is 1.03 bits per heavy atom. The third-order valence-electron chi connectivity index (χ3n) is 13.6. The molecule has 12 heteroatoms. The van der Waals surface area contributed by atoms with Gasteiger partial charge in [-0.3, -0.25) is 9.59 Å². The molecular formula is C50H60F2N8O2. The minimum Gasteiger partial charge on any atom is -0.339 e. The normalized spacial score (nSPS) is 17.1. The maximum absolute atomic E-state index is 13.9. The number of imidazole rings is 2. The van der Waals surface area contributed by atoms with Gasteiger partial charge < -0.3 is 28.7 Å². The van der Waals surface area contributed by atoms with Crippen molar-refractivity contribution in [2.75, 3.05) is 40.3 Å². The van der Waals surface area contributed by atoms with E-state index in [2.05, 4.69) is 33.6 Å². The maximum Gasteiger partial charge on any atom is 0.253 e. The van der Waals surface area contributed by atoms with E-state index in [0.29, 0.717) is 47.8 Å². The fourth-order valence-electron chi connectivity index (χ4n) is 9.69. The van der Waals surface area contributed by atoms with Crippen molar-refractivity contribution in [1.29, 1.82) is 0 Å². The third-order valence-corrected chi connectivity index (χ3v) is 13.6. The molecule has 0 spiro atoms. The van der Waals surface area contributed by atoms with Crippen molar-refractivity contribution in [3.8, 4) is 0 Å². The Bertz CT molecular complexity index is 2440. The summed E-state index contributed by atoms with van der Waals surface area (Å²) in [5.74, 6) is -0.459. The lowest BCUT2D eigenvalue weighted by Crippen LogP contribution is -2.48. The first kappa shape index (κ1) is 43.2. The van der Waals surface area contributed by atoms with Crippen LogP contribution in [0.25, 0.3) is 22.1 Å². The number of piperidine rings is 2. The van der Waals surface area contributed by atoms with Gasteiger partial charge in [-0.2, -0.15) is 0 Å². The summed E-state index contributed by atoms with van der Waals surface area (Å²) in [6.45, 7) is 9.90. The largest absolute Gasteiger partial charge is 0.339 e. The zero-order valence-electron chi connectivity index (χ0n) is 36.6. The number of hydrogen-bond acceptors (Lipinski definition) is 6.